The van der Waals surface area contributed by atoms with Crippen LogP contribution in [0.4, 0.5) is 11.4 Å². The van der Waals surface area contributed by atoms with E-state index in [0.29, 0.717) is 38.5 Å². The predicted molar refractivity (Wildman–Crippen MR) is 79.7 cm³/mol. The Labute approximate surface area is 119 Å². The monoisotopic (exact) mass is 281 g/mol. The minimum Gasteiger partial charge on any atom is -0.399 e. The molecule has 1 amide bonds. The highest BCUT2D eigenvalue weighted by Crippen LogP contribution is 2.10. The smallest absolute Gasteiger partial charge is 0.238 e. The highest BCUT2D eigenvalue weighted by Gasteiger charge is 2.10. The second kappa shape index (κ2) is 9.30. The quantitative estimate of drug-likeness (QED) is 0.655. The second-order valence-corrected chi connectivity index (χ2v) is 4.43. The van der Waals surface area contributed by atoms with Gasteiger partial charge in [0.15, 0.2) is 0 Å². The maximum Gasteiger partial charge on any atom is 0.238 e. The van der Waals surface area contributed by atoms with Crippen molar-refractivity contribution in [2.45, 2.75) is 0 Å². The first-order chi connectivity index (χ1) is 9.65. The van der Waals surface area contributed by atoms with E-state index in [1.807, 2.05) is 4.90 Å². The lowest BCUT2D eigenvalue weighted by Crippen LogP contribution is -2.37. The topological polar surface area (TPSA) is 76.8 Å². The van der Waals surface area contributed by atoms with Crippen molar-refractivity contribution in [3.63, 3.8) is 0 Å². The number of hydrogen-bond donors (Lipinski definition) is 2. The summed E-state index contributed by atoms with van der Waals surface area (Å²) >= 11 is 0. The Balaban J connectivity index is 2.45. The van der Waals surface area contributed by atoms with Gasteiger partial charge in [0, 0.05) is 38.7 Å². The molecule has 0 aliphatic rings. The molecule has 0 heterocycles. The molecule has 0 radical (unpaired) electrons. The molecule has 6 nitrogen and oxygen atoms in total. The first kappa shape index (κ1) is 16.4. The van der Waals surface area contributed by atoms with Crippen LogP contribution in [0.5, 0.6) is 0 Å². The Morgan fingerprint density at radius 3 is 2.20 bits per heavy atom. The molecule has 6 heteroatoms. The Kier molecular flexibility index (Phi) is 7.64. The van der Waals surface area contributed by atoms with Crippen molar-refractivity contribution in [3.8, 4) is 0 Å². The van der Waals surface area contributed by atoms with Gasteiger partial charge in [0.25, 0.3) is 0 Å². The van der Waals surface area contributed by atoms with Crippen LogP contribution in [0, 0.1) is 0 Å². The maximum absolute atomic E-state index is 12.0. The number of rotatable bonds is 9. The van der Waals surface area contributed by atoms with E-state index in [4.69, 9.17) is 15.2 Å². The summed E-state index contributed by atoms with van der Waals surface area (Å²) in [5.74, 6) is -0.0676. The molecule has 0 saturated heterocycles. The molecule has 1 rings (SSSR count). The summed E-state index contributed by atoms with van der Waals surface area (Å²) in [5.41, 5.74) is 7.01. The van der Waals surface area contributed by atoms with Crippen LogP contribution < -0.4 is 11.1 Å². The fourth-order valence-electron chi connectivity index (χ4n) is 1.68. The molecule has 0 fully saturated rings. The van der Waals surface area contributed by atoms with E-state index in [9.17, 15) is 4.79 Å². The van der Waals surface area contributed by atoms with Crippen LogP contribution >= 0.6 is 0 Å². The van der Waals surface area contributed by atoms with Crippen molar-refractivity contribution in [2.24, 2.45) is 0 Å². The van der Waals surface area contributed by atoms with Crippen molar-refractivity contribution in [2.75, 3.05) is 58.1 Å². The number of ether oxygens (including phenoxy) is 2. The molecule has 0 aliphatic carbocycles. The zero-order valence-electron chi connectivity index (χ0n) is 12.1. The van der Waals surface area contributed by atoms with Gasteiger partial charge >= 0.3 is 0 Å². The number of carbonyl (C=O) groups excluding carboxylic acids is 1. The lowest BCUT2D eigenvalue weighted by atomic mass is 10.3. The molecule has 3 N–H and O–H groups in total. The highest BCUT2D eigenvalue weighted by atomic mass is 16.5. The van der Waals surface area contributed by atoms with Gasteiger partial charge < -0.3 is 20.5 Å². The van der Waals surface area contributed by atoms with E-state index in [1.54, 1.807) is 38.5 Å². The van der Waals surface area contributed by atoms with E-state index in [2.05, 4.69) is 5.32 Å². The summed E-state index contributed by atoms with van der Waals surface area (Å²) < 4.78 is 10.1. The van der Waals surface area contributed by atoms with Crippen molar-refractivity contribution < 1.29 is 14.3 Å². The number of nitrogens with zero attached hydrogens (tertiary/aromatic N) is 1. The number of nitrogens with two attached hydrogens (primary N) is 1. The first-order valence-electron chi connectivity index (χ1n) is 6.51. The van der Waals surface area contributed by atoms with Crippen LogP contribution in [-0.2, 0) is 14.3 Å². The number of nitrogens with one attached hydrogen (secondary N) is 1. The Morgan fingerprint density at radius 2 is 1.70 bits per heavy atom. The van der Waals surface area contributed by atoms with Crippen molar-refractivity contribution in [1.29, 1.82) is 0 Å². The van der Waals surface area contributed by atoms with E-state index in [0.717, 1.165) is 5.69 Å². The van der Waals surface area contributed by atoms with Crippen LogP contribution in [0.2, 0.25) is 0 Å². The van der Waals surface area contributed by atoms with E-state index < -0.39 is 0 Å². The summed E-state index contributed by atoms with van der Waals surface area (Å²) in [4.78, 5) is 14.0. The van der Waals surface area contributed by atoms with Gasteiger partial charge in [-0.25, -0.2) is 0 Å². The van der Waals surface area contributed by atoms with Gasteiger partial charge in [0.1, 0.15) is 0 Å². The molecule has 0 atom stereocenters. The van der Waals surface area contributed by atoms with E-state index in [-0.39, 0.29) is 5.91 Å². The zero-order valence-corrected chi connectivity index (χ0v) is 12.1. The molecule has 0 unspecified atom stereocenters. The van der Waals surface area contributed by atoms with Crippen LogP contribution in [0.3, 0.4) is 0 Å². The van der Waals surface area contributed by atoms with Gasteiger partial charge in [-0.3, -0.25) is 9.69 Å². The van der Waals surface area contributed by atoms with Crippen LogP contribution in [-0.4, -0.2) is 57.9 Å². The van der Waals surface area contributed by atoms with Crippen molar-refractivity contribution in [1.82, 2.24) is 4.90 Å². The second-order valence-electron chi connectivity index (χ2n) is 4.43. The third-order valence-corrected chi connectivity index (χ3v) is 2.78. The van der Waals surface area contributed by atoms with Gasteiger partial charge in [-0.1, -0.05) is 0 Å². The first-order valence-corrected chi connectivity index (χ1v) is 6.51. The van der Waals surface area contributed by atoms with Crippen LogP contribution in [0.25, 0.3) is 0 Å². The van der Waals surface area contributed by atoms with Gasteiger partial charge in [-0.2, -0.15) is 0 Å². The molecular weight excluding hydrogens is 258 g/mol. The normalized spacial score (nSPS) is 10.8. The summed E-state index contributed by atoms with van der Waals surface area (Å²) in [6.45, 7) is 2.85. The molecule has 0 bridgehead atoms. The number of methoxy groups -OCH3 is 2. The standard InChI is InChI=1S/C14H23N3O3/c1-19-9-7-17(8-10-20-2)11-14(18)16-13-5-3-12(15)4-6-13/h3-6H,7-11,15H2,1-2H3,(H,16,18). The minimum atomic E-state index is -0.0676. The molecule has 1 aromatic rings. The van der Waals surface area contributed by atoms with Gasteiger partial charge in [0.05, 0.1) is 19.8 Å². The van der Waals surface area contributed by atoms with Crippen molar-refractivity contribution >= 4 is 17.3 Å². The largest absolute Gasteiger partial charge is 0.399 e. The number of amides is 1. The molecule has 20 heavy (non-hydrogen) atoms. The van der Waals surface area contributed by atoms with Gasteiger partial charge in [-0.15, -0.1) is 0 Å². The SMILES string of the molecule is COCCN(CCOC)CC(=O)Nc1ccc(N)cc1. The third-order valence-electron chi connectivity index (χ3n) is 2.78. The molecular formula is C14H23N3O3. The van der Waals surface area contributed by atoms with Crippen LogP contribution in [0.1, 0.15) is 0 Å². The summed E-state index contributed by atoms with van der Waals surface area (Å²) in [5, 5.41) is 2.83. The summed E-state index contributed by atoms with van der Waals surface area (Å²) in [6, 6.07) is 7.07. The van der Waals surface area contributed by atoms with E-state index in [1.165, 1.54) is 0 Å². The molecule has 0 aromatic heterocycles. The molecule has 112 valence electrons. The molecule has 0 spiro atoms. The summed E-state index contributed by atoms with van der Waals surface area (Å²) in [7, 11) is 3.28. The zero-order chi connectivity index (χ0) is 14.8. The highest BCUT2D eigenvalue weighted by molar-refractivity contribution is 5.92. The fourth-order valence-corrected chi connectivity index (χ4v) is 1.68. The number of benzene rings is 1. The average Bonchev–Trinajstić information content (AvgIpc) is 2.44. The number of hydrogen-bond acceptors (Lipinski definition) is 5. The van der Waals surface area contributed by atoms with E-state index >= 15 is 0 Å². The number of anilines is 2. The van der Waals surface area contributed by atoms with Crippen LogP contribution in [0.15, 0.2) is 24.3 Å². The predicted octanol–water partition coefficient (Wildman–Crippen LogP) is 0.802. The number of carbonyl (C=O) groups is 1. The fraction of sp³-hybridized carbons (Fsp3) is 0.500. The number of nitrogen functional groups attached to an aromatic ring is 1. The summed E-state index contributed by atoms with van der Waals surface area (Å²) in [6.07, 6.45) is 0. The molecule has 0 saturated carbocycles. The Bertz CT molecular complexity index is 387. The van der Waals surface area contributed by atoms with Gasteiger partial charge in [-0.05, 0) is 24.3 Å². The van der Waals surface area contributed by atoms with Gasteiger partial charge in [0.2, 0.25) is 5.91 Å². The molecule has 0 aliphatic heterocycles. The average molecular weight is 281 g/mol. The third kappa shape index (κ3) is 6.51. The minimum absolute atomic E-state index is 0.0676. The lowest BCUT2D eigenvalue weighted by molar-refractivity contribution is -0.117. The Morgan fingerprint density at radius 1 is 1.15 bits per heavy atom. The lowest BCUT2D eigenvalue weighted by Gasteiger charge is -2.20. The van der Waals surface area contributed by atoms with Crippen molar-refractivity contribution in [3.05, 3.63) is 24.3 Å². The Hall–Kier alpha value is -1.63. The molecule has 1 aromatic carbocycles. The maximum atomic E-state index is 12.0.